The molecule has 0 aromatic heterocycles. The lowest BCUT2D eigenvalue weighted by molar-refractivity contribution is -0.0228. The summed E-state index contributed by atoms with van der Waals surface area (Å²) in [6.07, 6.45) is -0.127. The van der Waals surface area contributed by atoms with Crippen molar-refractivity contribution in [1.29, 1.82) is 0 Å². The van der Waals surface area contributed by atoms with Gasteiger partial charge in [-0.15, -0.1) is 0 Å². The minimum atomic E-state index is -0.395. The first-order valence-electron chi connectivity index (χ1n) is 6.95. The highest BCUT2D eigenvalue weighted by atomic mass is 19.1. The fourth-order valence-electron chi connectivity index (χ4n) is 2.51. The van der Waals surface area contributed by atoms with E-state index < -0.39 is 5.82 Å². The first-order valence-corrected chi connectivity index (χ1v) is 6.95. The smallest absolute Gasteiger partial charge is 0.254 e. The lowest BCUT2D eigenvalue weighted by atomic mass is 10.1. The maximum Gasteiger partial charge on any atom is 0.254 e. The van der Waals surface area contributed by atoms with Crippen LogP contribution in [-0.4, -0.2) is 30.5 Å². The second-order valence-corrected chi connectivity index (χ2v) is 5.03. The Labute approximate surface area is 123 Å². The molecular formula is C17H16FNO2. The van der Waals surface area contributed by atoms with Crippen LogP contribution in [0.1, 0.15) is 22.0 Å². The fourth-order valence-corrected chi connectivity index (χ4v) is 2.51. The quantitative estimate of drug-likeness (QED) is 0.849. The fraction of sp³-hybridized carbons (Fsp3) is 0.235. The average molecular weight is 285 g/mol. The lowest BCUT2D eigenvalue weighted by Crippen LogP contribution is -2.42. The van der Waals surface area contributed by atoms with Crippen molar-refractivity contribution in [2.45, 2.75) is 6.10 Å². The van der Waals surface area contributed by atoms with E-state index in [4.69, 9.17) is 4.74 Å². The van der Waals surface area contributed by atoms with Gasteiger partial charge in [0.2, 0.25) is 0 Å². The second-order valence-electron chi connectivity index (χ2n) is 5.03. The summed E-state index contributed by atoms with van der Waals surface area (Å²) in [5.41, 5.74) is 1.43. The predicted molar refractivity (Wildman–Crippen MR) is 77.4 cm³/mol. The number of rotatable bonds is 2. The van der Waals surface area contributed by atoms with E-state index in [-0.39, 0.29) is 12.0 Å². The Bertz CT molecular complexity index is 630. The highest BCUT2D eigenvalue weighted by molar-refractivity contribution is 5.94. The first kappa shape index (κ1) is 13.8. The van der Waals surface area contributed by atoms with E-state index in [1.165, 1.54) is 12.1 Å². The van der Waals surface area contributed by atoms with Crippen LogP contribution < -0.4 is 0 Å². The van der Waals surface area contributed by atoms with Crippen molar-refractivity contribution in [2.24, 2.45) is 0 Å². The van der Waals surface area contributed by atoms with Gasteiger partial charge in [-0.05, 0) is 23.8 Å². The molecule has 21 heavy (non-hydrogen) atoms. The first-order chi connectivity index (χ1) is 10.2. The number of nitrogens with zero attached hydrogens (tertiary/aromatic N) is 1. The zero-order chi connectivity index (χ0) is 14.7. The van der Waals surface area contributed by atoms with E-state index in [1.807, 2.05) is 30.3 Å². The maximum absolute atomic E-state index is 13.2. The molecule has 1 atom stereocenters. The molecule has 1 saturated heterocycles. The van der Waals surface area contributed by atoms with Crippen molar-refractivity contribution in [3.8, 4) is 0 Å². The van der Waals surface area contributed by atoms with Gasteiger partial charge in [-0.2, -0.15) is 0 Å². The topological polar surface area (TPSA) is 29.5 Å². The summed E-state index contributed by atoms with van der Waals surface area (Å²) in [5.74, 6) is -0.549. The summed E-state index contributed by atoms with van der Waals surface area (Å²) in [5, 5.41) is 0. The van der Waals surface area contributed by atoms with Crippen molar-refractivity contribution < 1.29 is 13.9 Å². The van der Waals surface area contributed by atoms with Crippen molar-refractivity contribution in [2.75, 3.05) is 19.7 Å². The summed E-state index contributed by atoms with van der Waals surface area (Å²) < 4.78 is 19.0. The molecular weight excluding hydrogens is 269 g/mol. The molecule has 2 aromatic carbocycles. The van der Waals surface area contributed by atoms with Crippen molar-refractivity contribution in [3.05, 3.63) is 71.5 Å². The SMILES string of the molecule is O=C(c1cccc(F)c1)N1CCO[C@@H](c2ccccc2)C1. The summed E-state index contributed by atoms with van der Waals surface area (Å²) in [4.78, 5) is 14.2. The number of amides is 1. The number of carbonyl (C=O) groups is 1. The molecule has 0 saturated carbocycles. The predicted octanol–water partition coefficient (Wildman–Crippen LogP) is 3.04. The largest absolute Gasteiger partial charge is 0.370 e. The third-order valence-electron chi connectivity index (χ3n) is 3.60. The van der Waals surface area contributed by atoms with Crippen molar-refractivity contribution in [1.82, 2.24) is 4.90 Å². The number of benzene rings is 2. The van der Waals surface area contributed by atoms with Crippen LogP contribution in [0, 0.1) is 5.82 Å². The van der Waals surface area contributed by atoms with Crippen LogP contribution in [0.4, 0.5) is 4.39 Å². The lowest BCUT2D eigenvalue weighted by Gasteiger charge is -2.33. The zero-order valence-corrected chi connectivity index (χ0v) is 11.5. The summed E-state index contributed by atoms with van der Waals surface area (Å²) >= 11 is 0. The zero-order valence-electron chi connectivity index (χ0n) is 11.5. The van der Waals surface area contributed by atoms with Crippen LogP contribution in [0.3, 0.4) is 0 Å². The van der Waals surface area contributed by atoms with Gasteiger partial charge in [-0.1, -0.05) is 36.4 Å². The Morgan fingerprint density at radius 3 is 2.71 bits per heavy atom. The van der Waals surface area contributed by atoms with Crippen LogP contribution in [0.15, 0.2) is 54.6 Å². The van der Waals surface area contributed by atoms with Gasteiger partial charge in [0.25, 0.3) is 5.91 Å². The van der Waals surface area contributed by atoms with E-state index in [9.17, 15) is 9.18 Å². The minimum absolute atomic E-state index is 0.127. The molecule has 2 aromatic rings. The van der Waals surface area contributed by atoms with E-state index in [0.717, 1.165) is 5.56 Å². The number of hydrogen-bond acceptors (Lipinski definition) is 2. The van der Waals surface area contributed by atoms with E-state index in [2.05, 4.69) is 0 Å². The second kappa shape index (κ2) is 6.06. The molecule has 0 radical (unpaired) electrons. The molecule has 3 nitrogen and oxygen atoms in total. The number of morpholine rings is 1. The number of hydrogen-bond donors (Lipinski definition) is 0. The number of carbonyl (C=O) groups excluding carboxylic acids is 1. The Hall–Kier alpha value is -2.20. The van der Waals surface area contributed by atoms with Crippen LogP contribution in [-0.2, 0) is 4.74 Å². The Kier molecular flexibility index (Phi) is 3.97. The number of halogens is 1. The van der Waals surface area contributed by atoms with Gasteiger partial charge >= 0.3 is 0 Å². The van der Waals surface area contributed by atoms with E-state index in [0.29, 0.717) is 25.3 Å². The van der Waals surface area contributed by atoms with Gasteiger partial charge in [-0.25, -0.2) is 4.39 Å². The molecule has 4 heteroatoms. The maximum atomic E-state index is 13.2. The molecule has 0 spiro atoms. The van der Waals surface area contributed by atoms with Gasteiger partial charge in [0.15, 0.2) is 0 Å². The average Bonchev–Trinajstić information content (AvgIpc) is 2.55. The molecule has 0 unspecified atom stereocenters. The Balaban J connectivity index is 1.75. The third-order valence-corrected chi connectivity index (χ3v) is 3.60. The monoisotopic (exact) mass is 285 g/mol. The number of ether oxygens (including phenoxy) is 1. The molecule has 0 N–H and O–H groups in total. The van der Waals surface area contributed by atoms with Gasteiger partial charge in [0.1, 0.15) is 11.9 Å². The molecule has 1 aliphatic heterocycles. The third kappa shape index (κ3) is 3.11. The summed E-state index contributed by atoms with van der Waals surface area (Å²) in [7, 11) is 0. The van der Waals surface area contributed by atoms with Crippen LogP contribution in [0.2, 0.25) is 0 Å². The van der Waals surface area contributed by atoms with E-state index in [1.54, 1.807) is 17.0 Å². The van der Waals surface area contributed by atoms with Crippen molar-refractivity contribution in [3.63, 3.8) is 0 Å². The summed E-state index contributed by atoms with van der Waals surface area (Å²) in [6, 6.07) is 15.6. The van der Waals surface area contributed by atoms with Gasteiger partial charge < -0.3 is 9.64 Å². The molecule has 0 aliphatic carbocycles. The van der Waals surface area contributed by atoms with Gasteiger partial charge in [0, 0.05) is 12.1 Å². The molecule has 108 valence electrons. The van der Waals surface area contributed by atoms with E-state index >= 15 is 0 Å². The summed E-state index contributed by atoms with van der Waals surface area (Å²) in [6.45, 7) is 1.50. The van der Waals surface area contributed by atoms with Crippen LogP contribution in [0.25, 0.3) is 0 Å². The van der Waals surface area contributed by atoms with Crippen LogP contribution in [0.5, 0.6) is 0 Å². The molecule has 1 amide bonds. The van der Waals surface area contributed by atoms with Gasteiger partial charge in [0.05, 0.1) is 13.2 Å². The standard InChI is InChI=1S/C17H16FNO2/c18-15-8-4-7-14(11-15)17(20)19-9-10-21-16(12-19)13-5-2-1-3-6-13/h1-8,11,16H,9-10,12H2/t16-/m1/s1. The molecule has 3 rings (SSSR count). The molecule has 0 bridgehead atoms. The highest BCUT2D eigenvalue weighted by Crippen LogP contribution is 2.23. The van der Waals surface area contributed by atoms with Crippen LogP contribution >= 0.6 is 0 Å². The Morgan fingerprint density at radius 1 is 1.14 bits per heavy atom. The molecule has 1 heterocycles. The van der Waals surface area contributed by atoms with Crippen molar-refractivity contribution >= 4 is 5.91 Å². The minimum Gasteiger partial charge on any atom is -0.370 e. The van der Waals surface area contributed by atoms with Gasteiger partial charge in [-0.3, -0.25) is 4.79 Å². The normalized spacial score (nSPS) is 18.5. The Morgan fingerprint density at radius 2 is 1.95 bits per heavy atom. The highest BCUT2D eigenvalue weighted by Gasteiger charge is 2.26. The molecule has 1 aliphatic rings. The molecule has 1 fully saturated rings.